The van der Waals surface area contributed by atoms with E-state index in [0.717, 1.165) is 5.56 Å². The average molecular weight is 532 g/mol. The fourth-order valence-electron chi connectivity index (χ4n) is 4.70. The normalized spacial score (nSPS) is 19.2. The van der Waals surface area contributed by atoms with Crippen LogP contribution in [0.5, 0.6) is 5.75 Å². The van der Waals surface area contributed by atoms with E-state index in [2.05, 4.69) is 11.4 Å². The first kappa shape index (κ1) is 25.4. The first-order valence-electron chi connectivity index (χ1n) is 12.3. The van der Waals surface area contributed by atoms with E-state index in [1.807, 2.05) is 32.0 Å². The maximum absolute atomic E-state index is 14.2. The van der Waals surface area contributed by atoms with E-state index in [1.165, 1.54) is 4.90 Å². The van der Waals surface area contributed by atoms with E-state index in [0.29, 0.717) is 46.6 Å². The van der Waals surface area contributed by atoms with Gasteiger partial charge < -0.3 is 19.4 Å². The van der Waals surface area contributed by atoms with E-state index >= 15 is 0 Å². The zero-order chi connectivity index (χ0) is 26.8. The van der Waals surface area contributed by atoms with E-state index in [1.54, 1.807) is 47.6 Å². The van der Waals surface area contributed by atoms with Gasteiger partial charge >= 0.3 is 6.03 Å². The van der Waals surface area contributed by atoms with Crippen LogP contribution in [0.3, 0.4) is 0 Å². The van der Waals surface area contributed by atoms with Crippen LogP contribution >= 0.6 is 11.6 Å². The predicted octanol–water partition coefficient (Wildman–Crippen LogP) is 4.69. The number of ether oxygens (including phenoxy) is 1. The second-order valence-corrected chi connectivity index (χ2v) is 9.76. The maximum Gasteiger partial charge on any atom is 0.326 e. The summed E-state index contributed by atoms with van der Waals surface area (Å²) in [5.41, 5.74) is 1.77. The Labute approximate surface area is 225 Å². The number of nitriles is 1. The Bertz CT molecular complexity index is 1410. The number of nitrogens with one attached hydrogen (secondary N) is 1. The Hall–Kier alpha value is -4.29. The van der Waals surface area contributed by atoms with Crippen LogP contribution < -0.4 is 10.1 Å². The molecule has 2 aliphatic rings. The molecule has 3 amide bonds. The van der Waals surface area contributed by atoms with Gasteiger partial charge in [-0.15, -0.1) is 0 Å². The lowest BCUT2D eigenvalue weighted by atomic mass is 9.97. The van der Waals surface area contributed by atoms with E-state index in [-0.39, 0.29) is 24.6 Å². The van der Waals surface area contributed by atoms with Crippen LogP contribution in [0.2, 0.25) is 5.02 Å². The van der Waals surface area contributed by atoms with Crippen LogP contribution in [-0.2, 0) is 4.79 Å². The van der Waals surface area contributed by atoms with Crippen molar-refractivity contribution in [3.63, 3.8) is 0 Å². The highest BCUT2D eigenvalue weighted by molar-refractivity contribution is 6.30. The second kappa shape index (κ2) is 10.6. The monoisotopic (exact) mass is 531 g/mol. The molecule has 2 unspecified atom stereocenters. The summed E-state index contributed by atoms with van der Waals surface area (Å²) in [5.74, 6) is 1.15. The molecule has 0 bridgehead atoms. The first-order valence-corrected chi connectivity index (χ1v) is 12.7. The predicted molar refractivity (Wildman–Crippen MR) is 141 cm³/mol. The standard InChI is InChI=1S/C28H26ClN5O4/c1-17(2)38-23-14-18(15-30)5-10-21(23)27-32-25(22-4-3-13-37-22)26(19-6-8-20(29)9-7-19)34(27)28(36)33-12-11-31-24(35)16-33/h3-10,13-14,17,25-26H,11-12,16H2,1-2H3,(H,31,35). The Morgan fingerprint density at radius 3 is 2.68 bits per heavy atom. The number of hydrogen-bond acceptors (Lipinski definition) is 6. The van der Waals surface area contributed by atoms with Gasteiger partial charge in [0.05, 0.1) is 35.6 Å². The minimum Gasteiger partial charge on any atom is -0.490 e. The van der Waals surface area contributed by atoms with Crippen molar-refractivity contribution in [2.45, 2.75) is 32.0 Å². The van der Waals surface area contributed by atoms with Crippen molar-refractivity contribution in [3.8, 4) is 11.8 Å². The Kier molecular flexibility index (Phi) is 7.07. The van der Waals surface area contributed by atoms with E-state index in [9.17, 15) is 14.9 Å². The van der Waals surface area contributed by atoms with Crippen LogP contribution in [0.1, 0.15) is 48.4 Å². The molecule has 0 aliphatic carbocycles. The van der Waals surface area contributed by atoms with Gasteiger partial charge in [-0.05, 0) is 61.9 Å². The van der Waals surface area contributed by atoms with Gasteiger partial charge in [-0.25, -0.2) is 4.79 Å². The topological polar surface area (TPSA) is 111 Å². The number of benzene rings is 2. The molecule has 1 saturated heterocycles. The minimum absolute atomic E-state index is 0.0654. The lowest BCUT2D eigenvalue weighted by Crippen LogP contribution is -2.55. The lowest BCUT2D eigenvalue weighted by Gasteiger charge is -2.35. The molecule has 38 heavy (non-hydrogen) atoms. The third-order valence-electron chi connectivity index (χ3n) is 6.34. The summed E-state index contributed by atoms with van der Waals surface area (Å²) in [6, 6.07) is 16.5. The molecule has 3 aromatic rings. The van der Waals surface area contributed by atoms with Crippen molar-refractivity contribution in [1.29, 1.82) is 5.26 Å². The zero-order valence-corrected chi connectivity index (χ0v) is 21.7. The molecule has 2 aliphatic heterocycles. The molecule has 3 heterocycles. The van der Waals surface area contributed by atoms with Gasteiger partial charge in [-0.1, -0.05) is 23.7 Å². The maximum atomic E-state index is 14.2. The summed E-state index contributed by atoms with van der Waals surface area (Å²) in [6.45, 7) is 4.42. The largest absolute Gasteiger partial charge is 0.490 e. The number of hydrogen-bond donors (Lipinski definition) is 1. The molecule has 9 nitrogen and oxygen atoms in total. The van der Waals surface area contributed by atoms with Crippen molar-refractivity contribution in [2.75, 3.05) is 19.6 Å². The van der Waals surface area contributed by atoms with Crippen molar-refractivity contribution in [1.82, 2.24) is 15.1 Å². The quantitative estimate of drug-likeness (QED) is 0.513. The molecular weight excluding hydrogens is 506 g/mol. The highest BCUT2D eigenvalue weighted by atomic mass is 35.5. The zero-order valence-electron chi connectivity index (χ0n) is 20.9. The summed E-state index contributed by atoms with van der Waals surface area (Å²) in [7, 11) is 0. The summed E-state index contributed by atoms with van der Waals surface area (Å²) in [5, 5.41) is 12.8. The Morgan fingerprint density at radius 2 is 2.03 bits per heavy atom. The third kappa shape index (κ3) is 4.95. The van der Waals surface area contributed by atoms with Crippen LogP contribution in [0.25, 0.3) is 0 Å². The Balaban J connectivity index is 1.69. The average Bonchev–Trinajstić information content (AvgIpc) is 3.57. The number of urea groups is 1. The smallest absolute Gasteiger partial charge is 0.326 e. The molecule has 5 rings (SSSR count). The summed E-state index contributed by atoms with van der Waals surface area (Å²) in [6.07, 6.45) is 1.38. The molecule has 2 atom stereocenters. The molecule has 194 valence electrons. The molecule has 2 aromatic carbocycles. The molecular formula is C28H26ClN5O4. The number of nitrogens with zero attached hydrogens (tertiary/aromatic N) is 4. The highest BCUT2D eigenvalue weighted by Crippen LogP contribution is 2.45. The van der Waals surface area contributed by atoms with E-state index in [4.69, 9.17) is 25.7 Å². The molecule has 0 spiro atoms. The fraction of sp³-hybridized carbons (Fsp3) is 0.286. The van der Waals surface area contributed by atoms with Crippen molar-refractivity contribution >= 4 is 29.4 Å². The highest BCUT2D eigenvalue weighted by Gasteiger charge is 2.46. The van der Waals surface area contributed by atoms with E-state index < -0.39 is 12.1 Å². The van der Waals surface area contributed by atoms with Crippen LogP contribution in [0.15, 0.2) is 70.3 Å². The number of carbonyl (C=O) groups is 2. The number of carbonyl (C=O) groups excluding carboxylic acids is 2. The Morgan fingerprint density at radius 1 is 1.24 bits per heavy atom. The molecule has 1 N–H and O–H groups in total. The third-order valence-corrected chi connectivity index (χ3v) is 6.59. The van der Waals surface area contributed by atoms with Crippen LogP contribution in [-0.4, -0.2) is 53.3 Å². The SMILES string of the molecule is CC(C)Oc1cc(C#N)ccc1C1=NC(c2ccco2)C(c2ccc(Cl)cc2)N1C(=O)N1CCNC(=O)C1. The van der Waals surface area contributed by atoms with Gasteiger partial charge in [0, 0.05) is 18.1 Å². The number of amides is 3. The molecule has 0 radical (unpaired) electrons. The summed E-state index contributed by atoms with van der Waals surface area (Å²) >= 11 is 6.19. The van der Waals surface area contributed by atoms with Crippen molar-refractivity contribution in [3.05, 3.63) is 88.3 Å². The number of aliphatic imine (C=N–C) groups is 1. The first-order chi connectivity index (χ1) is 18.4. The van der Waals surface area contributed by atoms with Gasteiger partial charge in [-0.2, -0.15) is 5.26 Å². The molecule has 10 heteroatoms. The van der Waals surface area contributed by atoms with Crippen molar-refractivity contribution in [2.24, 2.45) is 4.99 Å². The molecule has 1 fully saturated rings. The number of furan rings is 1. The summed E-state index contributed by atoms with van der Waals surface area (Å²) in [4.78, 5) is 34.5. The van der Waals surface area contributed by atoms with Gasteiger partial charge in [0.2, 0.25) is 5.91 Å². The number of rotatable bonds is 5. The number of amidine groups is 1. The minimum atomic E-state index is -0.589. The lowest BCUT2D eigenvalue weighted by molar-refractivity contribution is -0.123. The fourth-order valence-corrected chi connectivity index (χ4v) is 4.82. The number of halogens is 1. The van der Waals surface area contributed by atoms with Crippen LogP contribution in [0.4, 0.5) is 4.79 Å². The second-order valence-electron chi connectivity index (χ2n) is 9.32. The molecule has 0 saturated carbocycles. The molecule has 1 aromatic heterocycles. The van der Waals surface area contributed by atoms with Gasteiger partial charge in [0.1, 0.15) is 29.9 Å². The van der Waals surface area contributed by atoms with Gasteiger partial charge in [0.15, 0.2) is 0 Å². The van der Waals surface area contributed by atoms with Crippen molar-refractivity contribution < 1.29 is 18.7 Å². The van der Waals surface area contributed by atoms with Gasteiger partial charge in [0.25, 0.3) is 0 Å². The van der Waals surface area contributed by atoms with Crippen LogP contribution in [0, 0.1) is 11.3 Å². The number of piperazine rings is 1. The summed E-state index contributed by atoms with van der Waals surface area (Å²) < 4.78 is 11.9. The van der Waals surface area contributed by atoms with Gasteiger partial charge in [-0.3, -0.25) is 14.7 Å².